The first-order valence-electron chi connectivity index (χ1n) is 7.37. The number of carbonyl (C=O) groups excluding carboxylic acids is 1. The van der Waals surface area contributed by atoms with E-state index in [9.17, 15) is 9.59 Å². The quantitative estimate of drug-likeness (QED) is 0.720. The van der Waals surface area contributed by atoms with Gasteiger partial charge in [-0.3, -0.25) is 4.79 Å². The largest absolute Gasteiger partial charge is 0.481 e. The predicted molar refractivity (Wildman–Crippen MR) is 77.7 cm³/mol. The van der Waals surface area contributed by atoms with Gasteiger partial charge in [-0.05, 0) is 46.7 Å². The molecule has 0 aromatic heterocycles. The number of carboxylic acids is 1. The molecule has 1 fully saturated rings. The molecule has 0 aromatic carbocycles. The third kappa shape index (κ3) is 5.36. The molecule has 2 amide bonds. The molecule has 6 heteroatoms. The third-order valence-corrected chi connectivity index (χ3v) is 3.90. The number of likely N-dealkylation sites (tertiary alicyclic amines) is 1. The van der Waals surface area contributed by atoms with Crippen LogP contribution in [-0.2, 0) is 4.79 Å². The Labute approximate surface area is 121 Å². The lowest BCUT2D eigenvalue weighted by atomic mass is 9.99. The van der Waals surface area contributed by atoms with E-state index in [1.165, 1.54) is 0 Å². The Morgan fingerprint density at radius 3 is 2.75 bits per heavy atom. The van der Waals surface area contributed by atoms with Gasteiger partial charge in [0.15, 0.2) is 0 Å². The van der Waals surface area contributed by atoms with E-state index in [1.807, 2.05) is 0 Å². The van der Waals surface area contributed by atoms with Gasteiger partial charge in [-0.1, -0.05) is 0 Å². The lowest BCUT2D eigenvalue weighted by molar-refractivity contribution is -0.143. The lowest BCUT2D eigenvalue weighted by Crippen LogP contribution is -2.47. The smallest absolute Gasteiger partial charge is 0.317 e. The fourth-order valence-corrected chi connectivity index (χ4v) is 2.26. The van der Waals surface area contributed by atoms with Crippen LogP contribution in [0.3, 0.4) is 0 Å². The first-order chi connectivity index (χ1) is 9.41. The van der Waals surface area contributed by atoms with E-state index < -0.39 is 11.9 Å². The second-order valence-corrected chi connectivity index (χ2v) is 5.78. The molecule has 1 saturated heterocycles. The maximum atomic E-state index is 12.0. The molecule has 0 radical (unpaired) electrons. The fourth-order valence-electron chi connectivity index (χ4n) is 2.26. The zero-order valence-corrected chi connectivity index (χ0v) is 12.8. The Balaban J connectivity index is 2.24. The maximum Gasteiger partial charge on any atom is 0.317 e. The number of amides is 2. The molecule has 1 aliphatic heterocycles. The lowest BCUT2D eigenvalue weighted by Gasteiger charge is -2.30. The van der Waals surface area contributed by atoms with Crippen molar-refractivity contribution in [3.8, 4) is 0 Å². The molecule has 1 atom stereocenters. The van der Waals surface area contributed by atoms with Crippen molar-refractivity contribution in [2.45, 2.75) is 39.2 Å². The Kier molecular flexibility index (Phi) is 6.78. The SMILES string of the molecule is CC(C)N(C)CCCNC(=O)N1CCCC(C(=O)O)C1. The summed E-state index contributed by atoms with van der Waals surface area (Å²) in [5.74, 6) is -1.22. The molecule has 0 aliphatic carbocycles. The van der Waals surface area contributed by atoms with Gasteiger partial charge in [0, 0.05) is 25.7 Å². The molecule has 6 nitrogen and oxygen atoms in total. The van der Waals surface area contributed by atoms with Gasteiger partial charge in [0.05, 0.1) is 5.92 Å². The summed E-state index contributed by atoms with van der Waals surface area (Å²) in [4.78, 5) is 26.8. The van der Waals surface area contributed by atoms with Crippen LogP contribution in [0.25, 0.3) is 0 Å². The predicted octanol–water partition coefficient (Wildman–Crippen LogP) is 1.22. The number of nitrogens with zero attached hydrogens (tertiary/aromatic N) is 2. The normalized spacial score (nSPS) is 19.4. The molecular formula is C14H27N3O3. The minimum absolute atomic E-state index is 0.136. The monoisotopic (exact) mass is 285 g/mol. The molecule has 116 valence electrons. The molecular weight excluding hydrogens is 258 g/mol. The molecule has 0 saturated carbocycles. The summed E-state index contributed by atoms with van der Waals surface area (Å²) in [7, 11) is 2.06. The highest BCUT2D eigenvalue weighted by Crippen LogP contribution is 2.16. The highest BCUT2D eigenvalue weighted by Gasteiger charge is 2.27. The van der Waals surface area contributed by atoms with Crippen molar-refractivity contribution in [3.63, 3.8) is 0 Å². The Morgan fingerprint density at radius 2 is 2.15 bits per heavy atom. The minimum atomic E-state index is -0.805. The average molecular weight is 285 g/mol. The molecule has 1 rings (SSSR count). The Morgan fingerprint density at radius 1 is 1.45 bits per heavy atom. The van der Waals surface area contributed by atoms with E-state index in [-0.39, 0.29) is 6.03 Å². The number of nitrogens with one attached hydrogen (secondary N) is 1. The second kappa shape index (κ2) is 8.09. The van der Waals surface area contributed by atoms with E-state index >= 15 is 0 Å². The zero-order chi connectivity index (χ0) is 15.1. The summed E-state index contributed by atoms with van der Waals surface area (Å²) in [6.07, 6.45) is 2.33. The molecule has 20 heavy (non-hydrogen) atoms. The van der Waals surface area contributed by atoms with Crippen molar-refractivity contribution in [3.05, 3.63) is 0 Å². The number of carboxylic acid groups (broad SMARTS) is 1. The van der Waals surface area contributed by atoms with E-state index in [2.05, 4.69) is 31.1 Å². The van der Waals surface area contributed by atoms with Crippen molar-refractivity contribution in [2.24, 2.45) is 5.92 Å². The second-order valence-electron chi connectivity index (χ2n) is 5.78. The van der Waals surface area contributed by atoms with E-state index in [1.54, 1.807) is 4.90 Å². The number of hydrogen-bond donors (Lipinski definition) is 2. The average Bonchev–Trinajstić information content (AvgIpc) is 2.43. The van der Waals surface area contributed by atoms with Crippen LogP contribution in [0.1, 0.15) is 33.1 Å². The number of aliphatic carboxylic acids is 1. The van der Waals surface area contributed by atoms with Gasteiger partial charge >= 0.3 is 12.0 Å². The van der Waals surface area contributed by atoms with Crippen LogP contribution in [0.15, 0.2) is 0 Å². The van der Waals surface area contributed by atoms with Crippen LogP contribution in [0.4, 0.5) is 4.79 Å². The van der Waals surface area contributed by atoms with Gasteiger partial charge in [-0.15, -0.1) is 0 Å². The number of rotatable bonds is 6. The van der Waals surface area contributed by atoms with Crippen molar-refractivity contribution in [1.82, 2.24) is 15.1 Å². The summed E-state index contributed by atoms with van der Waals surface area (Å²) in [5, 5.41) is 11.9. The van der Waals surface area contributed by atoms with Gasteiger partial charge in [0.25, 0.3) is 0 Å². The van der Waals surface area contributed by atoms with Gasteiger partial charge < -0.3 is 20.2 Å². The highest BCUT2D eigenvalue weighted by atomic mass is 16.4. The maximum absolute atomic E-state index is 12.0. The Hall–Kier alpha value is -1.30. The number of urea groups is 1. The van der Waals surface area contributed by atoms with Gasteiger partial charge in [0.2, 0.25) is 0 Å². The molecule has 1 aliphatic rings. The number of hydrogen-bond acceptors (Lipinski definition) is 3. The highest BCUT2D eigenvalue weighted by molar-refractivity contribution is 5.76. The van der Waals surface area contributed by atoms with E-state index in [4.69, 9.17) is 5.11 Å². The van der Waals surface area contributed by atoms with Gasteiger partial charge in [0.1, 0.15) is 0 Å². The molecule has 1 unspecified atom stereocenters. The van der Waals surface area contributed by atoms with Crippen molar-refractivity contribution >= 4 is 12.0 Å². The van der Waals surface area contributed by atoms with Crippen molar-refractivity contribution in [2.75, 3.05) is 33.2 Å². The topological polar surface area (TPSA) is 72.9 Å². The van der Waals surface area contributed by atoms with Crippen LogP contribution in [0, 0.1) is 5.92 Å². The zero-order valence-electron chi connectivity index (χ0n) is 12.8. The summed E-state index contributed by atoms with van der Waals surface area (Å²) in [6.45, 7) is 6.82. The third-order valence-electron chi connectivity index (χ3n) is 3.90. The summed E-state index contributed by atoms with van der Waals surface area (Å²) >= 11 is 0. The summed E-state index contributed by atoms with van der Waals surface area (Å²) in [6, 6.07) is 0.368. The number of piperidine rings is 1. The van der Waals surface area contributed by atoms with Crippen LogP contribution >= 0.6 is 0 Å². The van der Waals surface area contributed by atoms with Crippen LogP contribution in [-0.4, -0.2) is 66.2 Å². The summed E-state index contributed by atoms with van der Waals surface area (Å²) < 4.78 is 0. The molecule has 2 N–H and O–H groups in total. The van der Waals surface area contributed by atoms with Crippen molar-refractivity contribution < 1.29 is 14.7 Å². The van der Waals surface area contributed by atoms with Gasteiger partial charge in [-0.2, -0.15) is 0 Å². The first kappa shape index (κ1) is 16.8. The van der Waals surface area contributed by atoms with Crippen LogP contribution in [0.5, 0.6) is 0 Å². The van der Waals surface area contributed by atoms with Crippen molar-refractivity contribution in [1.29, 1.82) is 0 Å². The summed E-state index contributed by atoms with van der Waals surface area (Å²) in [5.41, 5.74) is 0. The Bertz CT molecular complexity index is 334. The minimum Gasteiger partial charge on any atom is -0.481 e. The van der Waals surface area contributed by atoms with Gasteiger partial charge in [-0.25, -0.2) is 4.79 Å². The van der Waals surface area contributed by atoms with Crippen LogP contribution in [0.2, 0.25) is 0 Å². The molecule has 0 aromatic rings. The van der Waals surface area contributed by atoms with E-state index in [0.717, 1.165) is 19.4 Å². The molecule has 0 spiro atoms. The fraction of sp³-hybridized carbons (Fsp3) is 0.857. The standard InChI is InChI=1S/C14H27N3O3/c1-11(2)16(3)8-5-7-15-14(20)17-9-4-6-12(10-17)13(18)19/h11-12H,4-10H2,1-3H3,(H,15,20)(H,18,19). The number of carbonyl (C=O) groups is 2. The van der Waals surface area contributed by atoms with Crippen LogP contribution < -0.4 is 5.32 Å². The first-order valence-corrected chi connectivity index (χ1v) is 7.37. The van der Waals surface area contributed by atoms with E-state index in [0.29, 0.717) is 32.1 Å². The molecule has 0 bridgehead atoms. The molecule has 1 heterocycles.